The van der Waals surface area contributed by atoms with Crippen molar-refractivity contribution in [3.8, 4) is 5.88 Å². The summed E-state index contributed by atoms with van der Waals surface area (Å²) in [6.07, 6.45) is 6.07. The number of fused-ring (bicyclic) bond motifs is 1. The summed E-state index contributed by atoms with van der Waals surface area (Å²) >= 11 is 0. The number of pyridine rings is 2. The number of hydrogen-bond acceptors (Lipinski definition) is 6. The molecular weight excluding hydrogens is 410 g/mol. The second kappa shape index (κ2) is 8.22. The van der Waals surface area contributed by atoms with Crippen LogP contribution in [0.3, 0.4) is 0 Å². The van der Waals surface area contributed by atoms with E-state index in [1.165, 1.54) is 17.4 Å². The number of amides is 1. The maximum absolute atomic E-state index is 13.1. The maximum atomic E-state index is 13.1. The average molecular weight is 435 g/mol. The van der Waals surface area contributed by atoms with Gasteiger partial charge in [-0.05, 0) is 50.2 Å². The van der Waals surface area contributed by atoms with E-state index in [1.54, 1.807) is 25.3 Å². The van der Waals surface area contributed by atoms with Crippen molar-refractivity contribution in [3.05, 3.63) is 62.1 Å². The van der Waals surface area contributed by atoms with Gasteiger partial charge in [-0.1, -0.05) is 6.07 Å². The quantitative estimate of drug-likeness (QED) is 0.559. The van der Waals surface area contributed by atoms with Crippen molar-refractivity contribution >= 4 is 16.9 Å². The van der Waals surface area contributed by atoms with Gasteiger partial charge in [-0.25, -0.2) is 14.8 Å². The number of nitrogens with zero attached hydrogens (tertiary/aromatic N) is 3. The zero-order valence-corrected chi connectivity index (χ0v) is 17.9. The molecule has 32 heavy (non-hydrogen) atoms. The normalized spacial score (nSPS) is 15.7. The van der Waals surface area contributed by atoms with Gasteiger partial charge in [0.25, 0.3) is 11.5 Å². The molecule has 0 aromatic carbocycles. The number of carbonyl (C=O) groups excluding carboxylic acids is 1. The van der Waals surface area contributed by atoms with Crippen LogP contribution in [-0.4, -0.2) is 32.0 Å². The fraction of sp³-hybridized carbons (Fsp3) is 0.435. The summed E-state index contributed by atoms with van der Waals surface area (Å²) in [5.74, 6) is 1.10. The van der Waals surface area contributed by atoms with Gasteiger partial charge in [0.1, 0.15) is 0 Å². The van der Waals surface area contributed by atoms with Crippen molar-refractivity contribution in [1.82, 2.24) is 24.8 Å². The maximum Gasteiger partial charge on any atom is 0.329 e. The Hall–Kier alpha value is -3.49. The van der Waals surface area contributed by atoms with Gasteiger partial charge in [0.15, 0.2) is 5.65 Å². The number of rotatable bonds is 8. The third-order valence-corrected chi connectivity index (χ3v) is 5.94. The van der Waals surface area contributed by atoms with Gasteiger partial charge in [-0.15, -0.1) is 0 Å². The molecule has 0 radical (unpaired) electrons. The van der Waals surface area contributed by atoms with Crippen LogP contribution in [0, 0.1) is 5.92 Å². The zero-order chi connectivity index (χ0) is 22.2. The van der Waals surface area contributed by atoms with Crippen molar-refractivity contribution in [2.45, 2.75) is 51.6 Å². The molecule has 0 unspecified atom stereocenters. The molecule has 0 saturated heterocycles. The van der Waals surface area contributed by atoms with Gasteiger partial charge in [0.2, 0.25) is 5.88 Å². The first-order valence-electron chi connectivity index (χ1n) is 11.1. The van der Waals surface area contributed by atoms with E-state index in [1.807, 2.05) is 6.07 Å². The van der Waals surface area contributed by atoms with Crippen LogP contribution in [0.4, 0.5) is 0 Å². The Labute approximate surface area is 183 Å². The molecule has 166 valence electrons. The van der Waals surface area contributed by atoms with Gasteiger partial charge < -0.3 is 10.1 Å². The lowest BCUT2D eigenvalue weighted by atomic mass is 10.1. The summed E-state index contributed by atoms with van der Waals surface area (Å²) in [5, 5.41) is 3.00. The summed E-state index contributed by atoms with van der Waals surface area (Å²) in [5.41, 5.74) is 0.929. The molecule has 2 N–H and O–H groups in total. The summed E-state index contributed by atoms with van der Waals surface area (Å²) in [6.45, 7) is 3.09. The molecule has 2 aliphatic rings. The van der Waals surface area contributed by atoms with Crippen LogP contribution >= 0.6 is 0 Å². The van der Waals surface area contributed by atoms with Crippen molar-refractivity contribution in [2.75, 3.05) is 6.61 Å². The summed E-state index contributed by atoms with van der Waals surface area (Å²) in [7, 11) is 0. The zero-order valence-electron chi connectivity index (χ0n) is 17.9. The summed E-state index contributed by atoms with van der Waals surface area (Å²) < 4.78 is 7.04. The number of H-pyrrole nitrogens is 1. The van der Waals surface area contributed by atoms with Crippen molar-refractivity contribution in [2.24, 2.45) is 5.92 Å². The highest BCUT2D eigenvalue weighted by Gasteiger charge is 2.28. The molecule has 9 heteroatoms. The minimum absolute atomic E-state index is 0.135. The van der Waals surface area contributed by atoms with Crippen LogP contribution in [0.15, 0.2) is 34.0 Å². The molecule has 3 aromatic rings. The molecule has 5 rings (SSSR count). The minimum Gasteiger partial charge on any atom is -0.477 e. The van der Waals surface area contributed by atoms with Crippen LogP contribution in [-0.2, 0) is 13.1 Å². The number of aryl methyl sites for hydroxylation is 1. The Morgan fingerprint density at radius 1 is 1.25 bits per heavy atom. The summed E-state index contributed by atoms with van der Waals surface area (Å²) in [6, 6.07) is 5.33. The molecule has 0 bridgehead atoms. The Morgan fingerprint density at radius 3 is 2.72 bits per heavy atom. The molecule has 3 heterocycles. The van der Waals surface area contributed by atoms with E-state index in [4.69, 9.17) is 4.74 Å². The minimum atomic E-state index is -0.603. The smallest absolute Gasteiger partial charge is 0.329 e. The standard InChI is InChI=1S/C23H25N5O4/c1-2-28-20-19(22(30)27-23(28)31)16(9-17(26-20)15-6-7-15)21(29)25-11-14-5-8-18(24-10-14)32-12-13-3-4-13/h5,8-10,13,15H,2-4,6-7,11-12H2,1H3,(H,25,29)(H,27,30,31). The highest BCUT2D eigenvalue weighted by molar-refractivity contribution is 6.05. The van der Waals surface area contributed by atoms with Crippen LogP contribution in [0.2, 0.25) is 0 Å². The Bertz CT molecular complexity index is 1290. The van der Waals surface area contributed by atoms with E-state index >= 15 is 0 Å². The lowest BCUT2D eigenvalue weighted by Crippen LogP contribution is -2.33. The van der Waals surface area contributed by atoms with E-state index in [-0.39, 0.29) is 35.0 Å². The van der Waals surface area contributed by atoms with Crippen LogP contribution in [0.25, 0.3) is 11.0 Å². The number of aromatic nitrogens is 4. The van der Waals surface area contributed by atoms with Crippen molar-refractivity contribution in [3.63, 3.8) is 0 Å². The van der Waals surface area contributed by atoms with Crippen molar-refractivity contribution in [1.29, 1.82) is 0 Å². The Kier molecular flexibility index (Phi) is 5.24. The largest absolute Gasteiger partial charge is 0.477 e. The molecule has 1 amide bonds. The number of ether oxygens (including phenoxy) is 1. The number of aromatic amines is 1. The fourth-order valence-corrected chi connectivity index (χ4v) is 3.72. The molecule has 2 fully saturated rings. The van der Waals surface area contributed by atoms with Crippen LogP contribution in [0.1, 0.15) is 60.1 Å². The monoisotopic (exact) mass is 435 g/mol. The first kappa shape index (κ1) is 20.4. The predicted octanol–water partition coefficient (Wildman–Crippen LogP) is 2.10. The molecule has 0 aliphatic heterocycles. The topological polar surface area (TPSA) is 119 Å². The first-order chi connectivity index (χ1) is 15.5. The third kappa shape index (κ3) is 4.15. The average Bonchev–Trinajstić information content (AvgIpc) is 3.70. The second-order valence-electron chi connectivity index (χ2n) is 8.51. The number of carbonyl (C=O) groups is 1. The van der Waals surface area contributed by atoms with Crippen molar-refractivity contribution < 1.29 is 9.53 Å². The lowest BCUT2D eigenvalue weighted by Gasteiger charge is -2.12. The third-order valence-electron chi connectivity index (χ3n) is 5.94. The van der Waals surface area contributed by atoms with Gasteiger partial charge >= 0.3 is 5.69 Å². The van der Waals surface area contributed by atoms with Gasteiger partial charge in [0.05, 0.1) is 17.6 Å². The lowest BCUT2D eigenvalue weighted by molar-refractivity contribution is 0.0952. The van der Waals surface area contributed by atoms with E-state index in [0.717, 1.165) is 24.1 Å². The van der Waals surface area contributed by atoms with Gasteiger partial charge in [-0.3, -0.25) is 19.1 Å². The van der Waals surface area contributed by atoms with Crippen LogP contribution < -0.4 is 21.3 Å². The Morgan fingerprint density at radius 2 is 2.06 bits per heavy atom. The van der Waals surface area contributed by atoms with E-state index < -0.39 is 11.2 Å². The highest BCUT2D eigenvalue weighted by atomic mass is 16.5. The van der Waals surface area contributed by atoms with E-state index in [0.29, 0.717) is 24.9 Å². The Balaban J connectivity index is 1.40. The number of nitrogens with one attached hydrogen (secondary N) is 2. The summed E-state index contributed by atoms with van der Waals surface area (Å²) in [4.78, 5) is 49.1. The van der Waals surface area contributed by atoms with Crippen LogP contribution in [0.5, 0.6) is 5.88 Å². The number of hydrogen-bond donors (Lipinski definition) is 2. The molecule has 2 aliphatic carbocycles. The van der Waals surface area contributed by atoms with E-state index in [2.05, 4.69) is 20.3 Å². The molecule has 9 nitrogen and oxygen atoms in total. The predicted molar refractivity (Wildman–Crippen MR) is 118 cm³/mol. The van der Waals surface area contributed by atoms with Gasteiger partial charge in [0, 0.05) is 37.0 Å². The second-order valence-corrected chi connectivity index (χ2v) is 8.51. The first-order valence-corrected chi connectivity index (χ1v) is 11.1. The van der Waals surface area contributed by atoms with Gasteiger partial charge in [-0.2, -0.15) is 0 Å². The molecule has 0 atom stereocenters. The fourth-order valence-electron chi connectivity index (χ4n) is 3.72. The van der Waals surface area contributed by atoms with E-state index in [9.17, 15) is 14.4 Å². The molecule has 0 spiro atoms. The molecule has 3 aromatic heterocycles. The molecule has 2 saturated carbocycles. The molecular formula is C23H25N5O4. The SMILES string of the molecule is CCn1c(=O)[nH]c(=O)c2c(C(=O)NCc3ccc(OCC4CC4)nc3)cc(C3CC3)nc21. The highest BCUT2D eigenvalue weighted by Crippen LogP contribution is 2.39.